The van der Waals surface area contributed by atoms with Crippen molar-refractivity contribution in [1.82, 2.24) is 14.7 Å². The highest BCUT2D eigenvalue weighted by Crippen LogP contribution is 2.26. The first-order valence-corrected chi connectivity index (χ1v) is 9.54. The molecule has 6 nitrogen and oxygen atoms in total. The minimum absolute atomic E-state index is 0.171. The van der Waals surface area contributed by atoms with Crippen molar-refractivity contribution >= 4 is 5.90 Å². The summed E-state index contributed by atoms with van der Waals surface area (Å²) in [6.45, 7) is 12.9. The van der Waals surface area contributed by atoms with E-state index in [1.54, 1.807) is 13.1 Å². The smallest absolute Gasteiger partial charge is 0.443 e. The van der Waals surface area contributed by atoms with Crippen LogP contribution in [0.15, 0.2) is 65.7 Å². The molecule has 0 unspecified atom stereocenters. The third-order valence-electron chi connectivity index (χ3n) is 4.16. The second-order valence-electron chi connectivity index (χ2n) is 7.22. The molecule has 0 radical (unpaired) electrons. The van der Waals surface area contributed by atoms with E-state index in [1.807, 2.05) is 49.8 Å². The van der Waals surface area contributed by atoms with Crippen molar-refractivity contribution in [3.8, 4) is 11.5 Å². The molecule has 0 aromatic heterocycles. The van der Waals surface area contributed by atoms with Crippen molar-refractivity contribution in [1.29, 1.82) is 0 Å². The van der Waals surface area contributed by atoms with E-state index in [9.17, 15) is 13.2 Å². The molecule has 1 aromatic rings. The highest BCUT2D eigenvalue weighted by Gasteiger charge is 2.31. The lowest BCUT2D eigenvalue weighted by atomic mass is 10.2. The Kier molecular flexibility index (Phi) is 9.64. The van der Waals surface area contributed by atoms with Crippen molar-refractivity contribution in [3.05, 3.63) is 60.7 Å². The normalized spacial score (nSPS) is 12.9. The van der Waals surface area contributed by atoms with Crippen LogP contribution in [0.5, 0.6) is 11.5 Å². The maximum absolute atomic E-state index is 12.5. The molecule has 0 bridgehead atoms. The quantitative estimate of drug-likeness (QED) is 0.300. The Morgan fingerprint density at radius 1 is 1.10 bits per heavy atom. The maximum Gasteiger partial charge on any atom is 0.573 e. The molecule has 0 atom stereocenters. The van der Waals surface area contributed by atoms with Crippen LogP contribution in [-0.2, 0) is 0 Å². The van der Waals surface area contributed by atoms with Crippen LogP contribution < -0.4 is 9.47 Å². The molecular weight excluding hydrogens is 409 g/mol. The largest absolute Gasteiger partial charge is 0.573 e. The van der Waals surface area contributed by atoms with E-state index in [0.717, 1.165) is 23.9 Å². The van der Waals surface area contributed by atoms with E-state index in [1.165, 1.54) is 18.2 Å². The van der Waals surface area contributed by atoms with Crippen LogP contribution in [0.2, 0.25) is 0 Å². The number of hydrogen-bond acceptors (Lipinski definition) is 6. The molecule has 0 amide bonds. The summed E-state index contributed by atoms with van der Waals surface area (Å²) in [5.74, 6) is 0.617. The fourth-order valence-corrected chi connectivity index (χ4v) is 2.50. The van der Waals surface area contributed by atoms with Crippen LogP contribution in [0.3, 0.4) is 0 Å². The Labute approximate surface area is 182 Å². The fraction of sp³-hybridized carbons (Fsp3) is 0.409. The first-order chi connectivity index (χ1) is 14.3. The Morgan fingerprint density at radius 3 is 2.23 bits per heavy atom. The molecule has 0 saturated heterocycles. The number of halogens is 3. The van der Waals surface area contributed by atoms with E-state index < -0.39 is 6.36 Å². The molecule has 0 spiro atoms. The van der Waals surface area contributed by atoms with Gasteiger partial charge in [0.25, 0.3) is 0 Å². The SMILES string of the molecule is C=CN(CCN(C)C)C(/N=C(\C)Oc1cccc(OC(F)(F)F)c1)=C(/C)C(=C)N(C)C. The predicted octanol–water partition coefficient (Wildman–Crippen LogP) is 4.70. The van der Waals surface area contributed by atoms with E-state index in [0.29, 0.717) is 12.4 Å². The Hall–Kier alpha value is -2.94. The highest BCUT2D eigenvalue weighted by molar-refractivity contribution is 5.77. The number of hydrogen-bond donors (Lipinski definition) is 0. The number of ether oxygens (including phenoxy) is 2. The van der Waals surface area contributed by atoms with Gasteiger partial charge in [0, 0.05) is 51.4 Å². The average Bonchev–Trinajstić information content (AvgIpc) is 2.64. The summed E-state index contributed by atoms with van der Waals surface area (Å²) < 4.78 is 47.0. The number of benzene rings is 1. The average molecular weight is 441 g/mol. The fourth-order valence-electron chi connectivity index (χ4n) is 2.50. The minimum Gasteiger partial charge on any atom is -0.443 e. The Bertz CT molecular complexity index is 830. The van der Waals surface area contributed by atoms with Gasteiger partial charge in [-0.25, -0.2) is 0 Å². The van der Waals surface area contributed by atoms with Gasteiger partial charge in [-0.1, -0.05) is 19.2 Å². The summed E-state index contributed by atoms with van der Waals surface area (Å²) in [6.07, 6.45) is -3.11. The molecule has 31 heavy (non-hydrogen) atoms. The number of rotatable bonds is 10. The molecule has 1 aromatic carbocycles. The van der Waals surface area contributed by atoms with Gasteiger partial charge in [-0.3, -0.25) is 0 Å². The molecule has 0 saturated carbocycles. The van der Waals surface area contributed by atoms with Gasteiger partial charge >= 0.3 is 6.36 Å². The van der Waals surface area contributed by atoms with Crippen molar-refractivity contribution < 1.29 is 22.6 Å². The maximum atomic E-state index is 12.5. The number of allylic oxidation sites excluding steroid dienone is 1. The zero-order chi connectivity index (χ0) is 23.8. The number of alkyl halides is 3. The highest BCUT2D eigenvalue weighted by atomic mass is 19.4. The van der Waals surface area contributed by atoms with Gasteiger partial charge in [-0.2, -0.15) is 4.99 Å². The molecular formula is C22H31F3N4O2. The summed E-state index contributed by atoms with van der Waals surface area (Å²) in [5.41, 5.74) is 1.56. The van der Waals surface area contributed by atoms with Crippen LogP contribution in [-0.4, -0.2) is 68.2 Å². The van der Waals surface area contributed by atoms with Crippen LogP contribution in [0.1, 0.15) is 13.8 Å². The molecule has 9 heteroatoms. The Balaban J connectivity index is 3.25. The number of aliphatic imine (C=N–C) groups is 1. The molecule has 0 fully saturated rings. The summed E-state index contributed by atoms with van der Waals surface area (Å²) >= 11 is 0. The van der Waals surface area contributed by atoms with Crippen molar-refractivity contribution in [2.24, 2.45) is 4.99 Å². The zero-order valence-corrected chi connectivity index (χ0v) is 19.0. The molecule has 0 aliphatic heterocycles. The van der Waals surface area contributed by atoms with Gasteiger partial charge in [0.15, 0.2) is 5.90 Å². The third kappa shape index (κ3) is 9.17. The number of likely N-dealkylation sites (N-methyl/N-ethyl adjacent to an activating group) is 2. The second-order valence-corrected chi connectivity index (χ2v) is 7.22. The minimum atomic E-state index is -4.78. The topological polar surface area (TPSA) is 40.5 Å². The lowest BCUT2D eigenvalue weighted by Crippen LogP contribution is -2.29. The zero-order valence-electron chi connectivity index (χ0n) is 19.0. The third-order valence-corrected chi connectivity index (χ3v) is 4.16. The van der Waals surface area contributed by atoms with E-state index in [4.69, 9.17) is 4.74 Å². The summed E-state index contributed by atoms with van der Waals surface area (Å²) in [7, 11) is 7.68. The van der Waals surface area contributed by atoms with Gasteiger partial charge in [-0.05, 0) is 39.4 Å². The first kappa shape index (κ1) is 26.1. The first-order valence-electron chi connectivity index (χ1n) is 9.54. The van der Waals surface area contributed by atoms with Crippen LogP contribution >= 0.6 is 0 Å². The standard InChI is InChI=1S/C22H31F3N4O2/c1-9-29(14-13-27(5)6)21(16(2)17(3)28(7)8)26-18(4)30-19-11-10-12-20(15-19)31-22(23,24)25/h9-12,15H,1,3,13-14H2,2,4-8H3/b21-16-,26-18+. The van der Waals surface area contributed by atoms with Crippen molar-refractivity contribution in [3.63, 3.8) is 0 Å². The van der Waals surface area contributed by atoms with Crippen LogP contribution in [0.25, 0.3) is 0 Å². The molecule has 0 heterocycles. The molecule has 0 aliphatic carbocycles. The summed E-state index contributed by atoms with van der Waals surface area (Å²) in [6, 6.07) is 5.28. The van der Waals surface area contributed by atoms with Gasteiger partial charge in [0.1, 0.15) is 17.3 Å². The molecule has 0 N–H and O–H groups in total. The van der Waals surface area contributed by atoms with Crippen LogP contribution in [0.4, 0.5) is 13.2 Å². The van der Waals surface area contributed by atoms with Crippen molar-refractivity contribution in [2.75, 3.05) is 41.3 Å². The second kappa shape index (κ2) is 11.5. The van der Waals surface area contributed by atoms with Gasteiger partial charge in [0.2, 0.25) is 0 Å². The van der Waals surface area contributed by atoms with Gasteiger partial charge in [-0.15, -0.1) is 13.2 Å². The molecule has 172 valence electrons. The lowest BCUT2D eigenvalue weighted by molar-refractivity contribution is -0.274. The van der Waals surface area contributed by atoms with Crippen molar-refractivity contribution in [2.45, 2.75) is 20.2 Å². The molecule has 0 aliphatic rings. The van der Waals surface area contributed by atoms with Crippen LogP contribution in [0, 0.1) is 0 Å². The van der Waals surface area contributed by atoms with E-state index in [2.05, 4.69) is 22.9 Å². The van der Waals surface area contributed by atoms with E-state index in [-0.39, 0.29) is 17.4 Å². The van der Waals surface area contributed by atoms with E-state index >= 15 is 0 Å². The Morgan fingerprint density at radius 2 is 1.71 bits per heavy atom. The van der Waals surface area contributed by atoms with Gasteiger partial charge < -0.3 is 24.2 Å². The summed E-state index contributed by atoms with van der Waals surface area (Å²) in [5, 5.41) is 0. The number of nitrogens with zero attached hydrogens (tertiary/aromatic N) is 4. The summed E-state index contributed by atoms with van der Waals surface area (Å²) in [4.78, 5) is 10.4. The predicted molar refractivity (Wildman–Crippen MR) is 118 cm³/mol. The monoisotopic (exact) mass is 440 g/mol. The van der Waals surface area contributed by atoms with Gasteiger partial charge in [0.05, 0.1) is 0 Å². The molecule has 1 rings (SSSR count). The lowest BCUT2D eigenvalue weighted by Gasteiger charge is -2.26.